The number of benzene rings is 2. The number of halogens is 1. The zero-order valence-electron chi connectivity index (χ0n) is 16.2. The highest BCUT2D eigenvalue weighted by molar-refractivity contribution is 5.93. The van der Waals surface area contributed by atoms with Crippen LogP contribution >= 0.6 is 0 Å². The highest BCUT2D eigenvalue weighted by Crippen LogP contribution is 2.24. The molecule has 0 saturated carbocycles. The molecule has 4 rings (SSSR count). The first-order valence-electron chi connectivity index (χ1n) is 9.96. The van der Waals surface area contributed by atoms with Crippen LogP contribution in [0.5, 0.6) is 0 Å². The van der Waals surface area contributed by atoms with Crippen LogP contribution in [-0.2, 0) is 11.3 Å². The van der Waals surface area contributed by atoms with Gasteiger partial charge in [-0.05, 0) is 66.9 Å². The highest BCUT2D eigenvalue weighted by atomic mass is 19.1. The lowest BCUT2D eigenvalue weighted by Gasteiger charge is -2.31. The van der Waals surface area contributed by atoms with E-state index in [0.29, 0.717) is 0 Å². The number of aromatic nitrogens is 1. The minimum absolute atomic E-state index is 0.0399. The summed E-state index contributed by atoms with van der Waals surface area (Å²) in [7, 11) is 0. The number of rotatable bonds is 5. The summed E-state index contributed by atoms with van der Waals surface area (Å²) in [4.78, 5) is 19.5. The fraction of sp³-hybridized carbons (Fsp3) is 0.250. The van der Waals surface area contributed by atoms with Crippen molar-refractivity contribution in [3.63, 3.8) is 0 Å². The second-order valence-corrected chi connectivity index (χ2v) is 7.47. The van der Waals surface area contributed by atoms with E-state index in [4.69, 9.17) is 0 Å². The van der Waals surface area contributed by atoms with E-state index >= 15 is 0 Å². The molecule has 1 atom stereocenters. The third kappa shape index (κ3) is 5.06. The average Bonchev–Trinajstić information content (AvgIpc) is 2.75. The molecule has 1 N–H and O–H groups in total. The Balaban J connectivity index is 1.40. The van der Waals surface area contributed by atoms with Gasteiger partial charge in [-0.3, -0.25) is 14.7 Å². The Morgan fingerprint density at radius 2 is 1.93 bits per heavy atom. The molecule has 0 bridgehead atoms. The van der Waals surface area contributed by atoms with Gasteiger partial charge in [0.1, 0.15) is 5.82 Å². The third-order valence-electron chi connectivity index (χ3n) is 5.30. The van der Waals surface area contributed by atoms with Crippen molar-refractivity contribution >= 4 is 11.6 Å². The molecule has 1 fully saturated rings. The predicted molar refractivity (Wildman–Crippen MR) is 113 cm³/mol. The number of anilines is 1. The summed E-state index contributed by atoms with van der Waals surface area (Å²) < 4.78 is 13.2. The molecule has 0 aliphatic carbocycles. The third-order valence-corrected chi connectivity index (χ3v) is 5.30. The van der Waals surface area contributed by atoms with Gasteiger partial charge in [0, 0.05) is 25.0 Å². The Hall–Kier alpha value is -3.05. The molecule has 5 heteroatoms. The molecule has 1 aliphatic rings. The number of likely N-dealkylation sites (tertiary alicyclic amines) is 1. The van der Waals surface area contributed by atoms with Gasteiger partial charge in [0.15, 0.2) is 0 Å². The molecule has 4 nitrogen and oxygen atoms in total. The molecule has 29 heavy (non-hydrogen) atoms. The van der Waals surface area contributed by atoms with Crippen LogP contribution in [0.1, 0.15) is 18.5 Å². The minimum Gasteiger partial charge on any atom is -0.326 e. The van der Waals surface area contributed by atoms with E-state index in [2.05, 4.69) is 15.2 Å². The van der Waals surface area contributed by atoms with Crippen LogP contribution in [0.4, 0.5) is 10.1 Å². The topological polar surface area (TPSA) is 45.2 Å². The lowest BCUT2D eigenvalue weighted by Crippen LogP contribution is -2.40. The Labute approximate surface area is 170 Å². The maximum atomic E-state index is 13.2. The van der Waals surface area contributed by atoms with Gasteiger partial charge in [0.2, 0.25) is 5.91 Å². The van der Waals surface area contributed by atoms with Crippen LogP contribution in [-0.4, -0.2) is 28.9 Å². The molecule has 3 aromatic rings. The molecule has 1 saturated heterocycles. The van der Waals surface area contributed by atoms with Crippen molar-refractivity contribution in [2.24, 2.45) is 5.92 Å². The van der Waals surface area contributed by atoms with Crippen LogP contribution in [0.25, 0.3) is 11.1 Å². The van der Waals surface area contributed by atoms with Crippen LogP contribution in [0.15, 0.2) is 72.9 Å². The van der Waals surface area contributed by atoms with E-state index in [1.807, 2.05) is 42.5 Å². The molecule has 148 valence electrons. The molecule has 1 amide bonds. The Morgan fingerprint density at radius 3 is 2.72 bits per heavy atom. The van der Waals surface area contributed by atoms with Crippen molar-refractivity contribution in [2.45, 2.75) is 19.4 Å². The van der Waals surface area contributed by atoms with Gasteiger partial charge in [-0.2, -0.15) is 0 Å². The molecular formula is C24H24FN3O. The van der Waals surface area contributed by atoms with Crippen LogP contribution in [0.3, 0.4) is 0 Å². The van der Waals surface area contributed by atoms with Crippen molar-refractivity contribution in [3.05, 3.63) is 84.4 Å². The second kappa shape index (κ2) is 8.97. The minimum atomic E-state index is -0.259. The van der Waals surface area contributed by atoms with Crippen LogP contribution in [0.2, 0.25) is 0 Å². The van der Waals surface area contributed by atoms with E-state index in [9.17, 15) is 9.18 Å². The number of carbonyl (C=O) groups excluding carboxylic acids is 1. The lowest BCUT2D eigenvalue weighted by atomic mass is 9.96. The average molecular weight is 389 g/mol. The van der Waals surface area contributed by atoms with E-state index in [0.717, 1.165) is 55.0 Å². The van der Waals surface area contributed by atoms with E-state index in [1.165, 1.54) is 12.1 Å². The molecule has 2 aromatic carbocycles. The fourth-order valence-corrected chi connectivity index (χ4v) is 3.80. The number of hydrogen-bond acceptors (Lipinski definition) is 3. The van der Waals surface area contributed by atoms with E-state index in [1.54, 1.807) is 18.3 Å². The molecular weight excluding hydrogens is 365 g/mol. The zero-order chi connectivity index (χ0) is 20.1. The summed E-state index contributed by atoms with van der Waals surface area (Å²) in [5, 5.41) is 3.06. The van der Waals surface area contributed by atoms with Crippen LogP contribution in [0, 0.1) is 11.7 Å². The van der Waals surface area contributed by atoms with Gasteiger partial charge in [-0.1, -0.05) is 30.3 Å². The molecule has 1 aliphatic heterocycles. The monoisotopic (exact) mass is 389 g/mol. The van der Waals surface area contributed by atoms with Gasteiger partial charge in [0.25, 0.3) is 0 Å². The molecule has 0 radical (unpaired) electrons. The smallest absolute Gasteiger partial charge is 0.228 e. The van der Waals surface area contributed by atoms with E-state index in [-0.39, 0.29) is 17.6 Å². The van der Waals surface area contributed by atoms with E-state index < -0.39 is 0 Å². The van der Waals surface area contributed by atoms with Crippen molar-refractivity contribution in [3.8, 4) is 11.1 Å². The number of nitrogens with zero attached hydrogens (tertiary/aromatic N) is 2. The first-order chi connectivity index (χ1) is 14.2. The molecule has 2 heterocycles. The number of pyridine rings is 1. The van der Waals surface area contributed by atoms with Crippen LogP contribution < -0.4 is 5.32 Å². The summed E-state index contributed by atoms with van der Waals surface area (Å²) >= 11 is 0. The quantitative estimate of drug-likeness (QED) is 0.686. The Bertz CT molecular complexity index is 959. The fourth-order valence-electron chi connectivity index (χ4n) is 3.80. The van der Waals surface area contributed by atoms with Gasteiger partial charge in [-0.15, -0.1) is 0 Å². The number of amides is 1. The first kappa shape index (κ1) is 19.3. The maximum absolute atomic E-state index is 13.2. The molecule has 0 unspecified atom stereocenters. The number of piperidine rings is 1. The molecule has 0 spiro atoms. The van der Waals surface area contributed by atoms with Crippen molar-refractivity contribution < 1.29 is 9.18 Å². The van der Waals surface area contributed by atoms with Gasteiger partial charge in [-0.25, -0.2) is 4.39 Å². The number of carbonyl (C=O) groups is 1. The Kier molecular flexibility index (Phi) is 5.96. The Morgan fingerprint density at radius 1 is 1.07 bits per heavy atom. The summed E-state index contributed by atoms with van der Waals surface area (Å²) in [6, 6.07) is 20.0. The highest BCUT2D eigenvalue weighted by Gasteiger charge is 2.26. The van der Waals surface area contributed by atoms with Gasteiger partial charge < -0.3 is 5.32 Å². The number of hydrogen-bond donors (Lipinski definition) is 1. The summed E-state index contributed by atoms with van der Waals surface area (Å²) in [5.41, 5.74) is 3.66. The first-order valence-corrected chi connectivity index (χ1v) is 9.96. The lowest BCUT2D eigenvalue weighted by molar-refractivity contribution is -0.121. The summed E-state index contributed by atoms with van der Waals surface area (Å²) in [5.74, 6) is -0.250. The summed E-state index contributed by atoms with van der Waals surface area (Å²) in [6.07, 6.45) is 3.69. The van der Waals surface area contributed by atoms with Gasteiger partial charge >= 0.3 is 0 Å². The maximum Gasteiger partial charge on any atom is 0.228 e. The SMILES string of the molecule is O=C(Nc1cccc(-c2ccc(F)cc2)c1)[C@@H]1CCCN(Cc2ccccn2)C1. The standard InChI is InChI=1S/C24H24FN3O/c25-21-11-9-18(10-12-21)19-5-3-8-22(15-19)27-24(29)20-6-4-14-28(16-20)17-23-7-1-2-13-26-23/h1-3,5,7-13,15,20H,4,6,14,16-17H2,(H,27,29)/t20-/m1/s1. The van der Waals surface area contributed by atoms with Gasteiger partial charge in [0.05, 0.1) is 11.6 Å². The molecule has 1 aromatic heterocycles. The van der Waals surface area contributed by atoms with Crippen molar-refractivity contribution in [1.82, 2.24) is 9.88 Å². The predicted octanol–water partition coefficient (Wildman–Crippen LogP) is 4.74. The van der Waals surface area contributed by atoms with Crippen molar-refractivity contribution in [1.29, 1.82) is 0 Å². The normalized spacial score (nSPS) is 17.1. The largest absolute Gasteiger partial charge is 0.326 e. The summed E-state index contributed by atoms with van der Waals surface area (Å²) in [6.45, 7) is 2.49. The zero-order valence-corrected chi connectivity index (χ0v) is 16.2. The second-order valence-electron chi connectivity index (χ2n) is 7.47. The van der Waals surface area contributed by atoms with Crippen molar-refractivity contribution in [2.75, 3.05) is 18.4 Å². The number of nitrogens with one attached hydrogen (secondary N) is 1.